The van der Waals surface area contributed by atoms with Gasteiger partial charge in [-0.15, -0.1) is 11.3 Å². The number of hydrogen-bond donors (Lipinski definition) is 1. The van der Waals surface area contributed by atoms with Gasteiger partial charge in [0.25, 0.3) is 0 Å². The van der Waals surface area contributed by atoms with Crippen molar-refractivity contribution in [3.63, 3.8) is 0 Å². The zero-order chi connectivity index (χ0) is 12.3. The second-order valence-electron chi connectivity index (χ2n) is 5.05. The monoisotopic (exact) mass is 253 g/mol. The fraction of sp³-hybridized carbons (Fsp3) is 0.769. The largest absolute Gasteiger partial charge is 0.311 e. The number of nitrogens with one attached hydrogen (secondary N) is 1. The topological polar surface area (TPSA) is 28.2 Å². The Kier molecular flexibility index (Phi) is 4.54. The van der Waals surface area contributed by atoms with Crippen LogP contribution in [0.2, 0.25) is 0 Å². The predicted octanol–water partition coefficient (Wildman–Crippen LogP) is 2.41. The molecule has 0 saturated carbocycles. The molecule has 0 spiro atoms. The lowest BCUT2D eigenvalue weighted by molar-refractivity contribution is 0.129. The first kappa shape index (κ1) is 13.0. The van der Waals surface area contributed by atoms with Gasteiger partial charge in [0.05, 0.1) is 6.54 Å². The quantitative estimate of drug-likeness (QED) is 0.893. The van der Waals surface area contributed by atoms with E-state index in [2.05, 4.69) is 41.4 Å². The summed E-state index contributed by atoms with van der Waals surface area (Å²) >= 11 is 1.79. The molecule has 1 N–H and O–H groups in total. The molecule has 1 aliphatic rings. The molecule has 2 heterocycles. The van der Waals surface area contributed by atoms with Gasteiger partial charge in [-0.2, -0.15) is 0 Å². The molecule has 1 aliphatic heterocycles. The van der Waals surface area contributed by atoms with Gasteiger partial charge in [-0.25, -0.2) is 4.98 Å². The molecule has 0 bridgehead atoms. The highest BCUT2D eigenvalue weighted by Crippen LogP contribution is 2.17. The molecule has 17 heavy (non-hydrogen) atoms. The number of rotatable bonds is 4. The molecule has 0 amide bonds. The summed E-state index contributed by atoms with van der Waals surface area (Å²) in [7, 11) is 0. The van der Waals surface area contributed by atoms with E-state index in [0.29, 0.717) is 12.1 Å². The van der Waals surface area contributed by atoms with Gasteiger partial charge in [-0.1, -0.05) is 13.3 Å². The van der Waals surface area contributed by atoms with Crippen molar-refractivity contribution in [1.29, 1.82) is 0 Å². The van der Waals surface area contributed by atoms with Crippen molar-refractivity contribution in [2.24, 2.45) is 0 Å². The Balaban J connectivity index is 1.93. The van der Waals surface area contributed by atoms with Crippen LogP contribution in [-0.2, 0) is 6.54 Å². The Bertz CT molecular complexity index is 350. The summed E-state index contributed by atoms with van der Waals surface area (Å²) in [4.78, 5) is 7.13. The van der Waals surface area contributed by atoms with Crippen molar-refractivity contribution in [3.05, 3.63) is 16.1 Å². The van der Waals surface area contributed by atoms with E-state index >= 15 is 0 Å². The predicted molar refractivity (Wildman–Crippen MR) is 73.4 cm³/mol. The Hall–Kier alpha value is -0.450. The molecule has 0 radical (unpaired) electrons. The number of thiazole rings is 1. The minimum atomic E-state index is 0.618. The molecule has 1 aromatic rings. The molecule has 1 fully saturated rings. The summed E-state index contributed by atoms with van der Waals surface area (Å²) in [6.45, 7) is 9.91. The van der Waals surface area contributed by atoms with Crippen LogP contribution in [0.25, 0.3) is 0 Å². The molecule has 0 aliphatic carbocycles. The molecule has 96 valence electrons. The summed E-state index contributed by atoms with van der Waals surface area (Å²) in [5.41, 5.74) is 1.15. The molecule has 1 saturated heterocycles. The van der Waals surface area contributed by atoms with E-state index in [-0.39, 0.29) is 0 Å². The highest BCUT2D eigenvalue weighted by Gasteiger charge is 2.24. The maximum Gasteiger partial charge on any atom is 0.107 e. The second kappa shape index (κ2) is 5.94. The second-order valence-corrected chi connectivity index (χ2v) is 6.00. The molecular weight excluding hydrogens is 230 g/mol. The SMILES string of the molecule is CCCC1CN(Cc2nc(C)cs2)C(C)CN1. The highest BCUT2D eigenvalue weighted by atomic mass is 32.1. The van der Waals surface area contributed by atoms with E-state index in [1.54, 1.807) is 11.3 Å². The first-order chi connectivity index (χ1) is 8.19. The van der Waals surface area contributed by atoms with Crippen LogP contribution >= 0.6 is 11.3 Å². The van der Waals surface area contributed by atoms with Gasteiger partial charge in [-0.05, 0) is 20.3 Å². The standard InChI is InChI=1S/C13H23N3S/c1-4-5-12-7-16(11(3)6-14-12)8-13-15-10(2)9-17-13/h9,11-12,14H,4-8H2,1-3H3. The van der Waals surface area contributed by atoms with Gasteiger partial charge >= 0.3 is 0 Å². The van der Waals surface area contributed by atoms with E-state index in [1.165, 1.54) is 17.8 Å². The molecule has 2 unspecified atom stereocenters. The Labute approximate surface area is 108 Å². The summed E-state index contributed by atoms with van der Waals surface area (Å²) in [5, 5.41) is 7.03. The van der Waals surface area contributed by atoms with Crippen LogP contribution in [0.4, 0.5) is 0 Å². The number of hydrogen-bond acceptors (Lipinski definition) is 4. The van der Waals surface area contributed by atoms with Gasteiger partial charge in [-0.3, -0.25) is 4.90 Å². The number of aromatic nitrogens is 1. The lowest BCUT2D eigenvalue weighted by atomic mass is 10.1. The van der Waals surface area contributed by atoms with Crippen molar-refractivity contribution < 1.29 is 0 Å². The summed E-state index contributed by atoms with van der Waals surface area (Å²) in [5.74, 6) is 0. The van der Waals surface area contributed by atoms with Crippen LogP contribution in [-0.4, -0.2) is 35.1 Å². The molecular formula is C13H23N3S. The first-order valence-electron chi connectivity index (χ1n) is 6.57. The van der Waals surface area contributed by atoms with E-state index < -0.39 is 0 Å². The number of nitrogens with zero attached hydrogens (tertiary/aromatic N) is 2. The van der Waals surface area contributed by atoms with Crippen molar-refractivity contribution in [2.45, 2.75) is 52.2 Å². The van der Waals surface area contributed by atoms with Crippen molar-refractivity contribution in [2.75, 3.05) is 13.1 Å². The van der Waals surface area contributed by atoms with Crippen LogP contribution in [0.5, 0.6) is 0 Å². The zero-order valence-electron chi connectivity index (χ0n) is 11.1. The van der Waals surface area contributed by atoms with Gasteiger partial charge in [0, 0.05) is 36.2 Å². The van der Waals surface area contributed by atoms with Crippen LogP contribution in [0, 0.1) is 6.92 Å². The first-order valence-corrected chi connectivity index (χ1v) is 7.45. The Morgan fingerprint density at radius 3 is 3.06 bits per heavy atom. The smallest absolute Gasteiger partial charge is 0.107 e. The fourth-order valence-corrected chi connectivity index (χ4v) is 3.20. The Morgan fingerprint density at radius 2 is 2.41 bits per heavy atom. The van der Waals surface area contributed by atoms with Crippen molar-refractivity contribution >= 4 is 11.3 Å². The molecule has 0 aromatic carbocycles. The summed E-state index contributed by atoms with van der Waals surface area (Å²) in [6, 6.07) is 1.28. The van der Waals surface area contributed by atoms with Crippen molar-refractivity contribution in [3.8, 4) is 0 Å². The minimum absolute atomic E-state index is 0.618. The average molecular weight is 253 g/mol. The van der Waals surface area contributed by atoms with Crippen LogP contribution in [0.1, 0.15) is 37.4 Å². The van der Waals surface area contributed by atoms with Gasteiger partial charge in [0.1, 0.15) is 5.01 Å². The van der Waals surface area contributed by atoms with Crippen molar-refractivity contribution in [1.82, 2.24) is 15.2 Å². The molecule has 2 atom stereocenters. The molecule has 4 heteroatoms. The Morgan fingerprint density at radius 1 is 1.59 bits per heavy atom. The minimum Gasteiger partial charge on any atom is -0.311 e. The van der Waals surface area contributed by atoms with E-state index in [4.69, 9.17) is 0 Å². The molecule has 2 rings (SSSR count). The van der Waals surface area contributed by atoms with Crippen LogP contribution in [0.15, 0.2) is 5.38 Å². The fourth-order valence-electron chi connectivity index (χ4n) is 2.41. The maximum absolute atomic E-state index is 4.57. The third-order valence-corrected chi connectivity index (χ3v) is 4.37. The lowest BCUT2D eigenvalue weighted by Gasteiger charge is -2.38. The zero-order valence-corrected chi connectivity index (χ0v) is 11.9. The van der Waals surface area contributed by atoms with Crippen LogP contribution in [0.3, 0.4) is 0 Å². The summed E-state index contributed by atoms with van der Waals surface area (Å²) in [6.07, 6.45) is 2.54. The van der Waals surface area contributed by atoms with E-state index in [9.17, 15) is 0 Å². The number of piperazine rings is 1. The van der Waals surface area contributed by atoms with E-state index in [1.807, 2.05) is 0 Å². The third-order valence-electron chi connectivity index (χ3n) is 3.42. The van der Waals surface area contributed by atoms with Gasteiger partial charge < -0.3 is 5.32 Å². The summed E-state index contributed by atoms with van der Waals surface area (Å²) < 4.78 is 0. The van der Waals surface area contributed by atoms with Crippen LogP contribution < -0.4 is 5.32 Å². The average Bonchev–Trinajstić information content (AvgIpc) is 2.69. The van der Waals surface area contributed by atoms with Gasteiger partial charge in [0.2, 0.25) is 0 Å². The van der Waals surface area contributed by atoms with E-state index in [0.717, 1.165) is 25.3 Å². The normalized spacial score (nSPS) is 26.3. The third kappa shape index (κ3) is 3.50. The molecule has 1 aromatic heterocycles. The number of aryl methyl sites for hydroxylation is 1. The maximum atomic E-state index is 4.57. The molecule has 3 nitrogen and oxygen atoms in total. The van der Waals surface area contributed by atoms with Gasteiger partial charge in [0.15, 0.2) is 0 Å². The lowest BCUT2D eigenvalue weighted by Crippen LogP contribution is -2.54. The highest BCUT2D eigenvalue weighted by molar-refractivity contribution is 7.09.